The van der Waals surface area contributed by atoms with E-state index in [1.54, 1.807) is 24.3 Å². The Kier molecular flexibility index (Phi) is 21.5. The maximum atomic E-state index is 11.1. The smallest absolute Gasteiger partial charge is 0.810 e. The van der Waals surface area contributed by atoms with Gasteiger partial charge in [-0.1, -0.05) is 43.5 Å². The monoisotopic (exact) mass is 462 g/mol. The van der Waals surface area contributed by atoms with Crippen LogP contribution in [0.4, 0.5) is 0 Å². The van der Waals surface area contributed by atoms with Crippen molar-refractivity contribution in [1.82, 2.24) is 0 Å². The zero-order valence-electron chi connectivity index (χ0n) is 15.5. The van der Waals surface area contributed by atoms with E-state index < -0.39 is 27.0 Å². The Bertz CT molecular complexity index is 598. The van der Waals surface area contributed by atoms with Crippen LogP contribution in [0.25, 0.3) is 0 Å². The molecule has 0 saturated carbocycles. The molecule has 0 bridgehead atoms. The summed E-state index contributed by atoms with van der Waals surface area (Å²) in [5.41, 5.74) is 2.60. The van der Waals surface area contributed by atoms with Gasteiger partial charge in [-0.15, -0.1) is 0 Å². The average Bonchev–Trinajstić information content (AvgIpc) is 2.34. The minimum atomic E-state index is -5.44. The summed E-state index contributed by atoms with van der Waals surface area (Å²) in [7, 11) is -10.7. The summed E-state index contributed by atoms with van der Waals surface area (Å²) in [6, 6.07) is 6.63. The SMILES string of the molecule is CC(C)=CCCc1ccc(CC(P(=O)([O-])[O-])P(=O)([O-])O)cc1.[K+].[K+].[K+]. The summed E-state index contributed by atoms with van der Waals surface area (Å²) >= 11 is 0. The maximum absolute atomic E-state index is 11.1. The molecular weight excluding hydrogens is 443 g/mol. The van der Waals surface area contributed by atoms with Gasteiger partial charge in [0.2, 0.25) is 0 Å². The van der Waals surface area contributed by atoms with E-state index in [1.807, 2.05) is 13.8 Å². The molecule has 124 valence electrons. The number of hydrogen-bond acceptors (Lipinski definition) is 5. The molecule has 0 aliphatic rings. The van der Waals surface area contributed by atoms with E-state index in [0.717, 1.165) is 18.4 Å². The second-order valence-electron chi connectivity index (χ2n) is 5.43. The third kappa shape index (κ3) is 14.7. The number of aryl methyl sites for hydroxylation is 1. The second kappa shape index (κ2) is 15.9. The molecule has 0 amide bonds. The van der Waals surface area contributed by atoms with Crippen LogP contribution in [0.2, 0.25) is 0 Å². The zero-order valence-corrected chi connectivity index (χ0v) is 26.6. The summed E-state index contributed by atoms with van der Waals surface area (Å²) in [5.74, 6) is 0. The molecule has 2 unspecified atom stereocenters. The number of hydrogen-bond donors (Lipinski definition) is 1. The quantitative estimate of drug-likeness (QED) is 0.244. The van der Waals surface area contributed by atoms with Crippen molar-refractivity contribution in [3.8, 4) is 0 Å². The summed E-state index contributed by atoms with van der Waals surface area (Å²) in [4.78, 5) is 42.0. The van der Waals surface area contributed by atoms with Crippen molar-refractivity contribution < 1.29 is 183 Å². The Morgan fingerprint density at radius 2 is 1.48 bits per heavy atom. The van der Waals surface area contributed by atoms with E-state index in [4.69, 9.17) is 4.89 Å². The molecule has 1 aromatic rings. The van der Waals surface area contributed by atoms with E-state index >= 15 is 0 Å². The first-order valence-corrected chi connectivity index (χ1v) is 10.0. The van der Waals surface area contributed by atoms with Crippen LogP contribution in [0.5, 0.6) is 0 Å². The molecular formula is C14H19K3O6P2. The van der Waals surface area contributed by atoms with Gasteiger partial charge in [0.15, 0.2) is 0 Å². The van der Waals surface area contributed by atoms with E-state index in [9.17, 15) is 23.8 Å². The molecule has 25 heavy (non-hydrogen) atoms. The fourth-order valence-corrected chi connectivity index (χ4v) is 4.29. The van der Waals surface area contributed by atoms with Crippen LogP contribution in [0, 0.1) is 0 Å². The number of benzene rings is 1. The van der Waals surface area contributed by atoms with Crippen LogP contribution < -0.4 is 169 Å². The molecule has 0 spiro atoms. The van der Waals surface area contributed by atoms with Crippen molar-refractivity contribution in [2.24, 2.45) is 0 Å². The Morgan fingerprint density at radius 3 is 1.84 bits per heavy atom. The molecule has 2 atom stereocenters. The van der Waals surface area contributed by atoms with Crippen LogP contribution >= 0.6 is 15.2 Å². The average molecular weight is 463 g/mol. The molecule has 6 nitrogen and oxygen atoms in total. The molecule has 0 aromatic heterocycles. The van der Waals surface area contributed by atoms with Crippen molar-refractivity contribution in [2.45, 2.75) is 38.5 Å². The molecule has 0 aliphatic heterocycles. The summed E-state index contributed by atoms with van der Waals surface area (Å²) in [6.45, 7) is 4.01. The minimum absolute atomic E-state index is 0. The van der Waals surface area contributed by atoms with Gasteiger partial charge in [-0.05, 0) is 44.2 Å². The summed E-state index contributed by atoms with van der Waals surface area (Å²) in [6.07, 6.45) is 3.22. The minimum Gasteiger partial charge on any atom is -0.810 e. The zero-order chi connectivity index (χ0) is 17.0. The van der Waals surface area contributed by atoms with Gasteiger partial charge >= 0.3 is 154 Å². The number of rotatable bonds is 7. The van der Waals surface area contributed by atoms with Gasteiger partial charge in [-0.3, -0.25) is 0 Å². The Balaban J connectivity index is -0.00000161. The first-order valence-electron chi connectivity index (χ1n) is 6.76. The third-order valence-electron chi connectivity index (χ3n) is 3.17. The van der Waals surface area contributed by atoms with Crippen LogP contribution in [0.1, 0.15) is 31.4 Å². The molecule has 1 N–H and O–H groups in total. The normalized spacial score (nSPS) is 14.0. The second-order valence-corrected chi connectivity index (χ2v) is 9.29. The predicted octanol–water partition coefficient (Wildman–Crippen LogP) is -8.07. The Hall–Kier alpha value is 4.17. The summed E-state index contributed by atoms with van der Waals surface area (Å²) < 4.78 is 22.0. The van der Waals surface area contributed by atoms with Crippen LogP contribution in [-0.2, 0) is 22.0 Å². The maximum Gasteiger partial charge on any atom is 1.00 e. The van der Waals surface area contributed by atoms with Gasteiger partial charge in [-0.25, -0.2) is 0 Å². The molecule has 11 heteroatoms. The fourth-order valence-electron chi connectivity index (χ4n) is 1.99. The van der Waals surface area contributed by atoms with E-state index in [0.29, 0.717) is 5.56 Å². The van der Waals surface area contributed by atoms with Crippen molar-refractivity contribution in [3.05, 3.63) is 47.0 Å². The van der Waals surface area contributed by atoms with Crippen LogP contribution in [-0.4, -0.2) is 10.3 Å². The van der Waals surface area contributed by atoms with Crippen LogP contribution in [0.3, 0.4) is 0 Å². The topological polar surface area (TPSA) is 124 Å². The molecule has 0 fully saturated rings. The molecule has 1 rings (SSSR count). The third-order valence-corrected chi connectivity index (χ3v) is 6.74. The van der Waals surface area contributed by atoms with Crippen molar-refractivity contribution in [3.63, 3.8) is 0 Å². The van der Waals surface area contributed by atoms with E-state index in [2.05, 4.69) is 6.08 Å². The Morgan fingerprint density at radius 1 is 1.04 bits per heavy atom. The van der Waals surface area contributed by atoms with Crippen molar-refractivity contribution in [1.29, 1.82) is 0 Å². The molecule has 0 heterocycles. The number of allylic oxidation sites excluding steroid dienone is 2. The first kappa shape index (κ1) is 33.8. The van der Waals surface area contributed by atoms with Gasteiger partial charge in [0, 0.05) is 0 Å². The van der Waals surface area contributed by atoms with Crippen molar-refractivity contribution in [2.75, 3.05) is 0 Å². The first-order chi connectivity index (χ1) is 10.00. The molecule has 0 radical (unpaired) electrons. The standard InChI is InChI=1S/C14H22O6P2.3K/c1-11(2)4-3-5-12-6-8-13(9-7-12)10-14(21(15,16)17)22(18,19)20;;;/h4,6-9,14H,3,5,10H2,1-2H3,(H2,15,16,17)(H2,18,19,20);;;/q;3*+1/p-3. The Labute approximate surface area is 277 Å². The molecule has 1 aromatic carbocycles. The van der Waals surface area contributed by atoms with Crippen molar-refractivity contribution >= 4 is 15.2 Å². The largest absolute Gasteiger partial charge is 1.00 e. The molecule has 0 aliphatic carbocycles. The summed E-state index contributed by atoms with van der Waals surface area (Å²) in [5, 5.41) is -2.32. The van der Waals surface area contributed by atoms with Gasteiger partial charge in [-0.2, -0.15) is 0 Å². The van der Waals surface area contributed by atoms with E-state index in [1.165, 1.54) is 5.57 Å². The van der Waals surface area contributed by atoms with Gasteiger partial charge < -0.3 is 28.7 Å². The predicted molar refractivity (Wildman–Crippen MR) is 79.1 cm³/mol. The fraction of sp³-hybridized carbons (Fsp3) is 0.429. The molecule has 0 saturated heterocycles. The van der Waals surface area contributed by atoms with Crippen LogP contribution in [0.15, 0.2) is 35.9 Å². The van der Waals surface area contributed by atoms with Gasteiger partial charge in [0.25, 0.3) is 0 Å². The van der Waals surface area contributed by atoms with Gasteiger partial charge in [0.1, 0.15) is 7.60 Å². The van der Waals surface area contributed by atoms with Gasteiger partial charge in [0.05, 0.1) is 5.40 Å². The van der Waals surface area contributed by atoms with E-state index in [-0.39, 0.29) is 154 Å².